The summed E-state index contributed by atoms with van der Waals surface area (Å²) in [4.78, 5) is 0. The Morgan fingerprint density at radius 2 is 1.40 bits per heavy atom. The van der Waals surface area contributed by atoms with Crippen molar-refractivity contribution < 1.29 is 8.78 Å². The van der Waals surface area contributed by atoms with E-state index in [1.807, 2.05) is 0 Å². The predicted octanol–water partition coefficient (Wildman–Crippen LogP) is 3.65. The van der Waals surface area contributed by atoms with Gasteiger partial charge in [0.1, 0.15) is 0 Å². The molecule has 0 aliphatic carbocycles. The lowest BCUT2D eigenvalue weighted by Gasteiger charge is -2.26. The summed E-state index contributed by atoms with van der Waals surface area (Å²) in [7, 11) is 0. The van der Waals surface area contributed by atoms with E-state index in [2.05, 4.69) is 0 Å². The molecule has 0 heterocycles. The molecule has 0 rings (SSSR count). The van der Waals surface area contributed by atoms with Gasteiger partial charge in [0, 0.05) is 5.92 Å². The Labute approximate surface area is 73.4 Å². The Morgan fingerprint density at radius 1 is 1.10 bits per heavy atom. The van der Waals surface area contributed by atoms with Gasteiger partial charge < -0.3 is 0 Å². The second kappa shape index (κ2) is 3.00. The van der Waals surface area contributed by atoms with Gasteiger partial charge in [-0.2, -0.15) is 0 Å². The third kappa shape index (κ3) is 2.11. The molecule has 0 saturated heterocycles. The van der Waals surface area contributed by atoms with Crippen molar-refractivity contribution in [1.29, 1.82) is 0 Å². The molecule has 0 N–H and O–H groups in total. The lowest BCUT2D eigenvalue weighted by molar-refractivity contribution is -0.0406. The molecule has 0 aromatic carbocycles. The minimum absolute atomic E-state index is 0.972. The third-order valence-corrected chi connectivity index (χ3v) is 1.86. The molecule has 62 valence electrons. The molecular weight excluding hydrogens is 204 g/mol. The second-order valence-corrected chi connectivity index (χ2v) is 4.56. The zero-order valence-corrected chi connectivity index (χ0v) is 7.73. The van der Waals surface area contributed by atoms with Gasteiger partial charge in [0.2, 0.25) is 0 Å². The second-order valence-electron chi connectivity index (χ2n) is 2.28. The maximum Gasteiger partial charge on any atom is 0.296 e. The molecule has 0 amide bonds. The van der Waals surface area contributed by atoms with Gasteiger partial charge in [0.05, 0.1) is 0 Å². The molecule has 0 fully saturated rings. The molecule has 0 bridgehead atoms. The van der Waals surface area contributed by atoms with Crippen molar-refractivity contribution in [3.8, 4) is 0 Å². The van der Waals surface area contributed by atoms with Gasteiger partial charge in [-0.3, -0.25) is 0 Å². The summed E-state index contributed by atoms with van der Waals surface area (Å²) in [6, 6.07) is 0. The van der Waals surface area contributed by atoms with Crippen molar-refractivity contribution in [3.05, 3.63) is 0 Å². The smallest absolute Gasteiger partial charge is 0.202 e. The topological polar surface area (TPSA) is 0 Å². The van der Waals surface area contributed by atoms with Crippen molar-refractivity contribution in [2.45, 2.75) is 23.6 Å². The Kier molecular flexibility index (Phi) is 3.22. The van der Waals surface area contributed by atoms with E-state index in [9.17, 15) is 8.78 Å². The van der Waals surface area contributed by atoms with E-state index >= 15 is 0 Å². The molecule has 10 heavy (non-hydrogen) atoms. The first kappa shape index (κ1) is 10.7. The first-order valence-corrected chi connectivity index (χ1v) is 3.77. The average molecular weight is 211 g/mol. The summed E-state index contributed by atoms with van der Waals surface area (Å²) >= 11 is 15.0. The Balaban J connectivity index is 4.40. The van der Waals surface area contributed by atoms with Crippen LogP contribution in [0.4, 0.5) is 8.78 Å². The van der Waals surface area contributed by atoms with Gasteiger partial charge in [-0.1, -0.05) is 48.7 Å². The van der Waals surface area contributed by atoms with Crippen LogP contribution in [0.15, 0.2) is 0 Å². The normalized spacial score (nSPS) is 14.4. The van der Waals surface area contributed by atoms with Crippen LogP contribution in [0.2, 0.25) is 0 Å². The minimum atomic E-state index is -3.27. The highest BCUT2D eigenvalue weighted by atomic mass is 35.6. The third-order valence-electron chi connectivity index (χ3n) is 1.10. The molecule has 0 atom stereocenters. The Bertz CT molecular complexity index is 117. The zero-order chi connectivity index (χ0) is 8.58. The summed E-state index contributed by atoms with van der Waals surface area (Å²) in [6.45, 7) is 2.59. The highest BCUT2D eigenvalue weighted by Gasteiger charge is 2.52. The zero-order valence-electron chi connectivity index (χ0n) is 5.47. The van der Waals surface area contributed by atoms with Gasteiger partial charge >= 0.3 is 0 Å². The highest BCUT2D eigenvalue weighted by Crippen LogP contribution is 2.46. The predicted molar refractivity (Wildman–Crippen MR) is 40.1 cm³/mol. The maximum absolute atomic E-state index is 12.7. The number of hydrogen-bond donors (Lipinski definition) is 0. The molecule has 0 nitrogen and oxygen atoms in total. The highest BCUT2D eigenvalue weighted by molar-refractivity contribution is 6.68. The maximum atomic E-state index is 12.7. The van der Waals surface area contributed by atoms with Gasteiger partial charge in [-0.05, 0) is 0 Å². The van der Waals surface area contributed by atoms with E-state index in [-0.39, 0.29) is 0 Å². The summed E-state index contributed by atoms with van der Waals surface area (Å²) in [6.07, 6.45) is 0. The van der Waals surface area contributed by atoms with Gasteiger partial charge in [0.25, 0.3) is 9.72 Å². The molecule has 0 radical (unpaired) electrons. The van der Waals surface area contributed by atoms with E-state index in [0.29, 0.717) is 0 Å². The van der Waals surface area contributed by atoms with Gasteiger partial charge in [-0.15, -0.1) is 0 Å². The fourth-order valence-corrected chi connectivity index (χ4v) is 0.982. The molecule has 0 aliphatic heterocycles. The van der Waals surface area contributed by atoms with Crippen LogP contribution in [0.3, 0.4) is 0 Å². The molecule has 0 unspecified atom stereocenters. The van der Waals surface area contributed by atoms with Crippen molar-refractivity contribution in [2.75, 3.05) is 0 Å². The van der Waals surface area contributed by atoms with Crippen LogP contribution in [-0.4, -0.2) is 9.72 Å². The van der Waals surface area contributed by atoms with E-state index in [4.69, 9.17) is 34.8 Å². The minimum Gasteiger partial charge on any atom is -0.202 e. The summed E-state index contributed by atoms with van der Waals surface area (Å²) in [5.41, 5.74) is 0. The monoisotopic (exact) mass is 210 g/mol. The fraction of sp³-hybridized carbons (Fsp3) is 1.00. The molecule has 0 saturated carbocycles. The summed E-state index contributed by atoms with van der Waals surface area (Å²) in [5, 5.41) is 0. The van der Waals surface area contributed by atoms with E-state index in [1.54, 1.807) is 0 Å². The first-order chi connectivity index (χ1) is 4.19. The average Bonchev–Trinajstić information content (AvgIpc) is 1.62. The SMILES string of the molecule is CC(C)C(F)(F)C(Cl)(Cl)Cl. The standard InChI is InChI=1S/C5H7Cl3F2/c1-3(2)4(9,10)5(6,7)8/h3H,1-2H3. The lowest BCUT2D eigenvalue weighted by Crippen LogP contribution is -2.38. The first-order valence-electron chi connectivity index (χ1n) is 2.64. The quantitative estimate of drug-likeness (QED) is 0.581. The van der Waals surface area contributed by atoms with Crippen LogP contribution in [0.5, 0.6) is 0 Å². The Morgan fingerprint density at radius 3 is 1.40 bits per heavy atom. The van der Waals surface area contributed by atoms with E-state index in [1.165, 1.54) is 13.8 Å². The van der Waals surface area contributed by atoms with Gasteiger partial charge in [-0.25, -0.2) is 8.78 Å². The van der Waals surface area contributed by atoms with E-state index < -0.39 is 15.6 Å². The van der Waals surface area contributed by atoms with Crippen molar-refractivity contribution >= 4 is 34.8 Å². The molecule has 0 spiro atoms. The Hall–Kier alpha value is 0.730. The van der Waals surface area contributed by atoms with E-state index in [0.717, 1.165) is 0 Å². The summed E-state index contributed by atoms with van der Waals surface area (Å²) < 4.78 is 22.8. The van der Waals surface area contributed by atoms with Crippen LogP contribution in [0.1, 0.15) is 13.8 Å². The number of alkyl halides is 5. The number of hydrogen-bond acceptors (Lipinski definition) is 0. The lowest BCUT2D eigenvalue weighted by atomic mass is 10.1. The molecule has 0 aliphatic rings. The fourth-order valence-electron chi connectivity index (χ4n) is 0.327. The molecule has 0 aromatic rings. The van der Waals surface area contributed by atoms with Crippen molar-refractivity contribution in [3.63, 3.8) is 0 Å². The van der Waals surface area contributed by atoms with Crippen molar-refractivity contribution in [1.82, 2.24) is 0 Å². The molecule has 5 heteroatoms. The van der Waals surface area contributed by atoms with Crippen LogP contribution in [-0.2, 0) is 0 Å². The largest absolute Gasteiger partial charge is 0.296 e. The van der Waals surface area contributed by atoms with Crippen LogP contribution in [0, 0.1) is 5.92 Å². The number of rotatable bonds is 1. The summed E-state index contributed by atoms with van der Waals surface area (Å²) in [5.74, 6) is -4.24. The van der Waals surface area contributed by atoms with Crippen molar-refractivity contribution in [2.24, 2.45) is 5.92 Å². The molecule has 0 aromatic heterocycles. The number of halogens is 5. The van der Waals surface area contributed by atoms with Crippen LogP contribution in [0.25, 0.3) is 0 Å². The molecular formula is C5H7Cl3F2. The van der Waals surface area contributed by atoms with Gasteiger partial charge in [0.15, 0.2) is 0 Å². The van der Waals surface area contributed by atoms with Crippen LogP contribution < -0.4 is 0 Å². The van der Waals surface area contributed by atoms with Crippen LogP contribution >= 0.6 is 34.8 Å².